The minimum absolute atomic E-state index is 0.0862. The number of rotatable bonds is 3. The van der Waals surface area contributed by atoms with E-state index in [9.17, 15) is 10.1 Å². The van der Waals surface area contributed by atoms with Crippen LogP contribution in [0.25, 0.3) is 11.1 Å². The van der Waals surface area contributed by atoms with Gasteiger partial charge >= 0.3 is 6.03 Å². The van der Waals surface area contributed by atoms with Crippen LogP contribution in [-0.2, 0) is 24.1 Å². The zero-order chi connectivity index (χ0) is 26.9. The summed E-state index contributed by atoms with van der Waals surface area (Å²) in [5.74, 6) is 0.878. The zero-order valence-electron chi connectivity index (χ0n) is 22.0. The number of hydrogen-bond acceptors (Lipinski definition) is 7. The first-order chi connectivity index (χ1) is 19.1. The lowest BCUT2D eigenvalue weighted by atomic mass is 9.92. The SMILES string of the molecule is CNC(=O)N1CCc2c(c(N3CCCc4cc(-c5ccc(C#N)nc5)c(C#N)cc43)nn2C2CCOCC2)C1. The third-order valence-corrected chi connectivity index (χ3v) is 8.01. The van der Waals surface area contributed by atoms with Crippen LogP contribution in [0.1, 0.15) is 53.4 Å². The average Bonchev–Trinajstić information content (AvgIpc) is 3.38. The number of carbonyl (C=O) groups is 1. The summed E-state index contributed by atoms with van der Waals surface area (Å²) >= 11 is 0. The minimum atomic E-state index is -0.0862. The molecule has 3 aliphatic heterocycles. The molecule has 3 aromatic rings. The van der Waals surface area contributed by atoms with E-state index in [0.717, 1.165) is 85.6 Å². The molecule has 10 nitrogen and oxygen atoms in total. The first-order valence-corrected chi connectivity index (χ1v) is 13.5. The first-order valence-electron chi connectivity index (χ1n) is 13.5. The van der Waals surface area contributed by atoms with Gasteiger partial charge in [0.05, 0.1) is 24.2 Å². The van der Waals surface area contributed by atoms with E-state index < -0.39 is 0 Å². The summed E-state index contributed by atoms with van der Waals surface area (Å²) in [6, 6.07) is 12.2. The average molecular weight is 523 g/mol. The van der Waals surface area contributed by atoms with Gasteiger partial charge in [-0.25, -0.2) is 9.78 Å². The summed E-state index contributed by atoms with van der Waals surface area (Å²) in [6.07, 6.45) is 6.08. The number of nitrogens with one attached hydrogen (secondary N) is 1. The molecule has 1 aromatic carbocycles. The molecule has 0 atom stereocenters. The van der Waals surface area contributed by atoms with Gasteiger partial charge in [-0.3, -0.25) is 4.68 Å². The van der Waals surface area contributed by atoms with Crippen LogP contribution in [0.4, 0.5) is 16.3 Å². The summed E-state index contributed by atoms with van der Waals surface area (Å²) < 4.78 is 7.82. The molecule has 198 valence electrons. The van der Waals surface area contributed by atoms with Crippen LogP contribution in [0.5, 0.6) is 0 Å². The molecular formula is C29H30N8O2. The fourth-order valence-corrected chi connectivity index (χ4v) is 6.01. The molecule has 0 saturated carbocycles. The van der Waals surface area contributed by atoms with E-state index >= 15 is 0 Å². The molecule has 2 aromatic heterocycles. The maximum atomic E-state index is 12.6. The van der Waals surface area contributed by atoms with Crippen LogP contribution >= 0.6 is 0 Å². The second-order valence-electron chi connectivity index (χ2n) is 10.2. The first kappa shape index (κ1) is 24.9. The molecule has 0 aliphatic carbocycles. The molecule has 10 heteroatoms. The summed E-state index contributed by atoms with van der Waals surface area (Å²) in [5, 5.41) is 27.2. The van der Waals surface area contributed by atoms with E-state index in [1.165, 1.54) is 5.69 Å². The Morgan fingerprint density at radius 3 is 2.69 bits per heavy atom. The number of benzene rings is 1. The number of nitriles is 2. The van der Waals surface area contributed by atoms with Crippen molar-refractivity contribution in [2.75, 3.05) is 38.3 Å². The van der Waals surface area contributed by atoms with Gasteiger partial charge in [0, 0.05) is 74.0 Å². The van der Waals surface area contributed by atoms with Gasteiger partial charge in [-0.05, 0) is 55.5 Å². The van der Waals surface area contributed by atoms with Gasteiger partial charge in [-0.2, -0.15) is 15.6 Å². The Hall–Kier alpha value is -4.41. The molecule has 1 fully saturated rings. The second kappa shape index (κ2) is 10.4. The lowest BCUT2D eigenvalue weighted by Crippen LogP contribution is -2.42. The third kappa shape index (κ3) is 4.47. The Bertz CT molecular complexity index is 1490. The van der Waals surface area contributed by atoms with Crippen LogP contribution in [0, 0.1) is 22.7 Å². The lowest BCUT2D eigenvalue weighted by Gasteiger charge is -2.33. The number of ether oxygens (including phenoxy) is 1. The number of carbonyl (C=O) groups excluding carboxylic acids is 1. The zero-order valence-corrected chi connectivity index (χ0v) is 22.0. The van der Waals surface area contributed by atoms with E-state index in [0.29, 0.717) is 24.3 Å². The number of amides is 2. The number of nitrogens with zero attached hydrogens (tertiary/aromatic N) is 7. The summed E-state index contributed by atoms with van der Waals surface area (Å²) in [5.41, 5.74) is 6.94. The van der Waals surface area contributed by atoms with Crippen LogP contribution in [-0.4, -0.2) is 59.0 Å². The molecule has 1 N–H and O–H groups in total. The predicted octanol–water partition coefficient (Wildman–Crippen LogP) is 3.82. The van der Waals surface area contributed by atoms with E-state index in [1.54, 1.807) is 19.3 Å². The number of urea groups is 1. The van der Waals surface area contributed by atoms with Crippen molar-refractivity contribution in [1.29, 1.82) is 10.5 Å². The van der Waals surface area contributed by atoms with Crippen molar-refractivity contribution in [3.05, 3.63) is 58.5 Å². The number of anilines is 2. The molecular weight excluding hydrogens is 492 g/mol. The highest BCUT2D eigenvalue weighted by Crippen LogP contribution is 2.41. The Morgan fingerprint density at radius 1 is 1.13 bits per heavy atom. The molecule has 6 rings (SSSR count). The number of hydrogen-bond donors (Lipinski definition) is 1. The number of aryl methyl sites for hydroxylation is 1. The molecule has 0 spiro atoms. The smallest absolute Gasteiger partial charge is 0.317 e. The number of aromatic nitrogens is 3. The van der Waals surface area contributed by atoms with Gasteiger partial charge in [0.1, 0.15) is 11.8 Å². The topological polar surface area (TPSA) is 123 Å². The van der Waals surface area contributed by atoms with E-state index in [1.807, 2.05) is 23.1 Å². The van der Waals surface area contributed by atoms with Crippen molar-refractivity contribution >= 4 is 17.5 Å². The van der Waals surface area contributed by atoms with Crippen LogP contribution < -0.4 is 10.2 Å². The molecule has 0 bridgehead atoms. The molecule has 3 aliphatic rings. The predicted molar refractivity (Wildman–Crippen MR) is 144 cm³/mol. The fraction of sp³-hybridized carbons (Fsp3) is 0.414. The molecule has 2 amide bonds. The molecule has 0 unspecified atom stereocenters. The Morgan fingerprint density at radius 2 is 1.97 bits per heavy atom. The van der Waals surface area contributed by atoms with E-state index in [4.69, 9.17) is 15.1 Å². The molecule has 39 heavy (non-hydrogen) atoms. The molecule has 5 heterocycles. The molecule has 0 radical (unpaired) electrons. The monoisotopic (exact) mass is 522 g/mol. The van der Waals surface area contributed by atoms with E-state index in [2.05, 4.69) is 32.0 Å². The normalized spacial score (nSPS) is 17.1. The van der Waals surface area contributed by atoms with Crippen LogP contribution in [0.3, 0.4) is 0 Å². The third-order valence-electron chi connectivity index (χ3n) is 8.01. The maximum Gasteiger partial charge on any atom is 0.317 e. The van der Waals surface area contributed by atoms with Crippen molar-refractivity contribution in [3.63, 3.8) is 0 Å². The van der Waals surface area contributed by atoms with Gasteiger partial charge in [-0.15, -0.1) is 0 Å². The van der Waals surface area contributed by atoms with Gasteiger partial charge < -0.3 is 19.9 Å². The Balaban J connectivity index is 1.44. The fourth-order valence-electron chi connectivity index (χ4n) is 6.01. The van der Waals surface area contributed by atoms with Gasteiger partial charge in [0.25, 0.3) is 0 Å². The maximum absolute atomic E-state index is 12.6. The highest BCUT2D eigenvalue weighted by Gasteiger charge is 2.34. The Labute approximate surface area is 227 Å². The number of fused-ring (bicyclic) bond motifs is 2. The van der Waals surface area contributed by atoms with Gasteiger partial charge in [0.15, 0.2) is 5.82 Å². The Kier molecular flexibility index (Phi) is 6.64. The largest absolute Gasteiger partial charge is 0.381 e. The van der Waals surface area contributed by atoms with E-state index in [-0.39, 0.29) is 12.1 Å². The van der Waals surface area contributed by atoms with Crippen LogP contribution in [0.2, 0.25) is 0 Å². The van der Waals surface area contributed by atoms with Crippen molar-refractivity contribution < 1.29 is 9.53 Å². The minimum Gasteiger partial charge on any atom is -0.381 e. The van der Waals surface area contributed by atoms with Gasteiger partial charge in [0.2, 0.25) is 0 Å². The second-order valence-corrected chi connectivity index (χ2v) is 10.2. The van der Waals surface area contributed by atoms with Crippen molar-refractivity contribution in [2.45, 2.75) is 44.7 Å². The quantitative estimate of drug-likeness (QED) is 0.555. The highest BCUT2D eigenvalue weighted by atomic mass is 16.5. The molecule has 1 saturated heterocycles. The summed E-state index contributed by atoms with van der Waals surface area (Å²) in [6.45, 7) is 3.39. The number of pyridine rings is 1. The lowest BCUT2D eigenvalue weighted by molar-refractivity contribution is 0.0651. The van der Waals surface area contributed by atoms with Crippen LogP contribution in [0.15, 0.2) is 30.5 Å². The van der Waals surface area contributed by atoms with Crippen molar-refractivity contribution in [2.24, 2.45) is 0 Å². The van der Waals surface area contributed by atoms with Crippen molar-refractivity contribution in [1.82, 2.24) is 25.0 Å². The summed E-state index contributed by atoms with van der Waals surface area (Å²) in [7, 11) is 1.66. The van der Waals surface area contributed by atoms with Crippen molar-refractivity contribution in [3.8, 4) is 23.3 Å². The summed E-state index contributed by atoms with van der Waals surface area (Å²) in [4.78, 5) is 20.9. The standard InChI is InChI=1S/C29H30N8O2/c1-32-29(38)35-10-6-26-25(18-35)28(34-37(26)23-7-11-39-12-8-23)36-9-2-3-19-13-24(21(15-30)14-27(19)36)20-4-5-22(16-31)33-17-20/h4-5,13-14,17,23H,2-3,6-12,18H2,1H3,(H,32,38). The highest BCUT2D eigenvalue weighted by molar-refractivity contribution is 5.79. The van der Waals surface area contributed by atoms with Gasteiger partial charge in [-0.1, -0.05) is 0 Å².